The molecule has 0 heterocycles. The second-order valence-corrected chi connectivity index (χ2v) is 2.89. The summed E-state index contributed by atoms with van der Waals surface area (Å²) in [4.78, 5) is 4.38. The van der Waals surface area contributed by atoms with Gasteiger partial charge in [-0.05, 0) is 20.8 Å². The zero-order valence-electron chi connectivity index (χ0n) is 9.46. The van der Waals surface area contributed by atoms with Gasteiger partial charge in [-0.25, -0.2) is 0 Å². The molecular formula is C11H16F2N2. The molecule has 0 N–H and O–H groups in total. The van der Waals surface area contributed by atoms with Gasteiger partial charge in [0, 0.05) is 18.8 Å². The summed E-state index contributed by atoms with van der Waals surface area (Å²) in [5, 5.41) is 0. The number of nitrogens with zero attached hydrogens (tertiary/aromatic N) is 2. The van der Waals surface area contributed by atoms with Crippen LogP contribution in [0.25, 0.3) is 0 Å². The average molecular weight is 214 g/mol. The van der Waals surface area contributed by atoms with E-state index in [0.717, 1.165) is 11.1 Å². The van der Waals surface area contributed by atoms with Crippen molar-refractivity contribution in [3.63, 3.8) is 0 Å². The topological polar surface area (TPSA) is 15.6 Å². The maximum absolute atomic E-state index is 13.5. The lowest BCUT2D eigenvalue weighted by atomic mass is 10.3. The van der Waals surface area contributed by atoms with Crippen LogP contribution in [0.3, 0.4) is 0 Å². The van der Waals surface area contributed by atoms with E-state index in [0.29, 0.717) is 5.57 Å². The number of rotatable bonds is 4. The van der Waals surface area contributed by atoms with Crippen molar-refractivity contribution in [1.82, 2.24) is 4.90 Å². The van der Waals surface area contributed by atoms with Crippen molar-refractivity contribution in [3.05, 3.63) is 35.8 Å². The third-order valence-corrected chi connectivity index (χ3v) is 1.69. The molecule has 15 heavy (non-hydrogen) atoms. The van der Waals surface area contributed by atoms with Crippen LogP contribution < -0.4 is 0 Å². The summed E-state index contributed by atoms with van der Waals surface area (Å²) in [7, 11) is 1.30. The van der Waals surface area contributed by atoms with E-state index >= 15 is 0 Å². The third-order valence-electron chi connectivity index (χ3n) is 1.69. The molecule has 0 radical (unpaired) electrons. The Kier molecular flexibility index (Phi) is 6.25. The Morgan fingerprint density at radius 2 is 1.87 bits per heavy atom. The van der Waals surface area contributed by atoms with Crippen LogP contribution in [0, 0.1) is 0 Å². The predicted octanol–water partition coefficient (Wildman–Crippen LogP) is 3.55. The summed E-state index contributed by atoms with van der Waals surface area (Å²) < 4.78 is 26.7. The number of hydrogen-bond donors (Lipinski definition) is 0. The second-order valence-electron chi connectivity index (χ2n) is 2.89. The first-order valence-corrected chi connectivity index (χ1v) is 4.60. The predicted molar refractivity (Wildman–Crippen MR) is 59.7 cm³/mol. The number of aliphatic imine (C=N–C) groups is 1. The smallest absolute Gasteiger partial charge is 0.213 e. The fourth-order valence-corrected chi connectivity index (χ4v) is 0.900. The van der Waals surface area contributed by atoms with Gasteiger partial charge < -0.3 is 0 Å². The molecule has 0 aliphatic heterocycles. The molecule has 0 saturated carbocycles. The Morgan fingerprint density at radius 3 is 2.33 bits per heavy atom. The van der Waals surface area contributed by atoms with Crippen LogP contribution in [0.4, 0.5) is 8.78 Å². The molecule has 0 aliphatic carbocycles. The Hall–Kier alpha value is -1.45. The van der Waals surface area contributed by atoms with Crippen molar-refractivity contribution in [3.8, 4) is 0 Å². The molecule has 0 bridgehead atoms. The van der Waals surface area contributed by atoms with Crippen LogP contribution in [-0.4, -0.2) is 18.2 Å². The van der Waals surface area contributed by atoms with Crippen molar-refractivity contribution in [1.29, 1.82) is 0 Å². The van der Waals surface area contributed by atoms with E-state index in [-0.39, 0.29) is 0 Å². The molecule has 84 valence electrons. The molecular weight excluding hydrogens is 198 g/mol. The molecule has 0 aromatic heterocycles. The number of halogens is 2. The van der Waals surface area contributed by atoms with Gasteiger partial charge in [0.15, 0.2) is 5.95 Å². The quantitative estimate of drug-likeness (QED) is 0.397. The van der Waals surface area contributed by atoms with E-state index in [1.807, 2.05) is 0 Å². The largest absolute Gasteiger partial charge is 0.296 e. The number of hydrogen-bond acceptors (Lipinski definition) is 2. The Bertz CT molecular complexity index is 315. The monoisotopic (exact) mass is 214 g/mol. The number of allylic oxidation sites excluding steroid dienone is 3. The maximum Gasteiger partial charge on any atom is 0.213 e. The highest BCUT2D eigenvalue weighted by molar-refractivity contribution is 5.54. The van der Waals surface area contributed by atoms with Crippen LogP contribution in [-0.2, 0) is 0 Å². The Balaban J connectivity index is 4.85. The van der Waals surface area contributed by atoms with E-state index in [1.165, 1.54) is 13.3 Å². The summed E-state index contributed by atoms with van der Waals surface area (Å²) in [6.45, 7) is 4.99. The molecule has 0 aromatic rings. The SMILES string of the molecule is CC=N/C=C(/F)N(C)/C(F)=C(C)\C=C\C. The zero-order valence-corrected chi connectivity index (χ0v) is 9.46. The van der Waals surface area contributed by atoms with Gasteiger partial charge in [-0.1, -0.05) is 12.2 Å². The van der Waals surface area contributed by atoms with Gasteiger partial charge in [-0.15, -0.1) is 0 Å². The first-order chi connectivity index (χ1) is 7.04. The van der Waals surface area contributed by atoms with E-state index in [4.69, 9.17) is 0 Å². The maximum atomic E-state index is 13.5. The highest BCUT2D eigenvalue weighted by atomic mass is 19.1. The summed E-state index contributed by atoms with van der Waals surface area (Å²) in [5.74, 6) is -1.37. The summed E-state index contributed by atoms with van der Waals surface area (Å²) in [6, 6.07) is 0. The molecule has 0 spiro atoms. The van der Waals surface area contributed by atoms with Crippen molar-refractivity contribution in [2.45, 2.75) is 20.8 Å². The van der Waals surface area contributed by atoms with Gasteiger partial charge in [0.1, 0.15) is 0 Å². The van der Waals surface area contributed by atoms with E-state index < -0.39 is 11.9 Å². The first-order valence-electron chi connectivity index (χ1n) is 4.60. The Morgan fingerprint density at radius 1 is 1.27 bits per heavy atom. The van der Waals surface area contributed by atoms with Crippen molar-refractivity contribution >= 4 is 6.21 Å². The normalized spacial score (nSPS) is 14.9. The van der Waals surface area contributed by atoms with Gasteiger partial charge in [0.05, 0.1) is 6.20 Å². The summed E-state index contributed by atoms with van der Waals surface area (Å²) in [6.07, 6.45) is 5.65. The molecule has 0 aliphatic rings. The van der Waals surface area contributed by atoms with E-state index in [9.17, 15) is 8.78 Å². The van der Waals surface area contributed by atoms with Crippen molar-refractivity contribution in [2.24, 2.45) is 4.99 Å². The highest BCUT2D eigenvalue weighted by Crippen LogP contribution is 2.17. The molecule has 2 nitrogen and oxygen atoms in total. The van der Waals surface area contributed by atoms with Crippen LogP contribution in [0.1, 0.15) is 20.8 Å². The minimum Gasteiger partial charge on any atom is -0.296 e. The fraction of sp³-hybridized carbons (Fsp3) is 0.364. The van der Waals surface area contributed by atoms with Crippen LogP contribution in [0.5, 0.6) is 0 Å². The van der Waals surface area contributed by atoms with Gasteiger partial charge in [-0.3, -0.25) is 9.89 Å². The van der Waals surface area contributed by atoms with Gasteiger partial charge in [0.25, 0.3) is 0 Å². The highest BCUT2D eigenvalue weighted by Gasteiger charge is 2.10. The molecule has 4 heteroatoms. The van der Waals surface area contributed by atoms with Crippen LogP contribution in [0.15, 0.2) is 40.8 Å². The lowest BCUT2D eigenvalue weighted by molar-refractivity contribution is 0.304. The lowest BCUT2D eigenvalue weighted by Gasteiger charge is -2.14. The lowest BCUT2D eigenvalue weighted by Crippen LogP contribution is -2.12. The zero-order chi connectivity index (χ0) is 11.8. The van der Waals surface area contributed by atoms with Gasteiger partial charge in [0.2, 0.25) is 5.95 Å². The fourth-order valence-electron chi connectivity index (χ4n) is 0.900. The van der Waals surface area contributed by atoms with Crippen molar-refractivity contribution < 1.29 is 8.78 Å². The first kappa shape index (κ1) is 13.5. The van der Waals surface area contributed by atoms with Gasteiger partial charge >= 0.3 is 0 Å². The molecule has 0 atom stereocenters. The molecule has 0 rings (SSSR count). The van der Waals surface area contributed by atoms with Crippen LogP contribution >= 0.6 is 0 Å². The summed E-state index contributed by atoms with van der Waals surface area (Å²) in [5.41, 5.74) is 0.365. The molecule has 0 unspecified atom stereocenters. The second kappa shape index (κ2) is 6.92. The minimum atomic E-state index is -0.741. The molecule has 0 aromatic carbocycles. The third kappa shape index (κ3) is 4.54. The van der Waals surface area contributed by atoms with E-state index in [1.54, 1.807) is 32.9 Å². The molecule has 0 amide bonds. The van der Waals surface area contributed by atoms with Gasteiger partial charge in [-0.2, -0.15) is 8.78 Å². The molecule has 0 saturated heterocycles. The minimum absolute atomic E-state index is 0.365. The molecule has 0 fully saturated rings. The summed E-state index contributed by atoms with van der Waals surface area (Å²) >= 11 is 0. The average Bonchev–Trinajstić information content (AvgIpc) is 2.24. The standard InChI is InChI=1S/C11H16F2N2/c1-5-7-9(3)11(13)15(4)10(12)8-14-6-2/h5-8H,1-4H3/b7-5+,10-8-,11-9-,14-6?. The van der Waals surface area contributed by atoms with Crippen LogP contribution in [0.2, 0.25) is 0 Å². The van der Waals surface area contributed by atoms with Crippen molar-refractivity contribution in [2.75, 3.05) is 7.05 Å². The van der Waals surface area contributed by atoms with E-state index in [2.05, 4.69) is 4.99 Å². The Labute approximate surface area is 89.3 Å².